The molecule has 1 rings (SSSR count). The van der Waals surface area contributed by atoms with Crippen LogP contribution in [0.2, 0.25) is 0 Å². The second-order valence-electron chi connectivity index (χ2n) is 4.53. The van der Waals surface area contributed by atoms with Crippen molar-refractivity contribution < 1.29 is 22.4 Å². The second kappa shape index (κ2) is 6.07. The highest BCUT2D eigenvalue weighted by Gasteiger charge is 2.35. The van der Waals surface area contributed by atoms with Gasteiger partial charge in [-0.1, -0.05) is 6.08 Å². The summed E-state index contributed by atoms with van der Waals surface area (Å²) in [6.07, 6.45) is -3.35. The Morgan fingerprint density at radius 2 is 2.00 bits per heavy atom. The average molecular weight is 289 g/mol. The summed E-state index contributed by atoms with van der Waals surface area (Å²) in [6, 6.07) is 2.03. The number of hydrogen-bond acceptors (Lipinski definition) is 1. The summed E-state index contributed by atoms with van der Waals surface area (Å²) in [5, 5.41) is 0. The topological polar surface area (TPSA) is 20.3 Å². The maximum atomic E-state index is 13.2. The van der Waals surface area contributed by atoms with Crippen LogP contribution in [0.5, 0.6) is 0 Å². The van der Waals surface area contributed by atoms with Crippen LogP contribution in [0, 0.1) is 5.82 Å². The lowest BCUT2D eigenvalue weighted by Crippen LogP contribution is -2.37. The summed E-state index contributed by atoms with van der Waals surface area (Å²) in [7, 11) is 0. The van der Waals surface area contributed by atoms with E-state index < -0.39 is 23.5 Å². The molecule has 0 unspecified atom stereocenters. The number of carbonyl (C=O) groups excluding carboxylic acids is 1. The number of rotatable bonds is 4. The molecule has 1 aromatic carbocycles. The maximum Gasteiger partial charge on any atom is 0.419 e. The molecule has 2 nitrogen and oxygen atoms in total. The fourth-order valence-corrected chi connectivity index (χ4v) is 1.71. The molecule has 0 N–H and O–H groups in total. The molecular weight excluding hydrogens is 274 g/mol. The number of carbonyl (C=O) groups is 1. The van der Waals surface area contributed by atoms with Crippen molar-refractivity contribution in [2.75, 3.05) is 6.54 Å². The minimum atomic E-state index is -4.83. The minimum Gasteiger partial charge on any atom is -0.333 e. The fourth-order valence-electron chi connectivity index (χ4n) is 1.71. The molecule has 0 heterocycles. The quantitative estimate of drug-likeness (QED) is 0.608. The van der Waals surface area contributed by atoms with Gasteiger partial charge in [0.15, 0.2) is 0 Å². The van der Waals surface area contributed by atoms with Crippen LogP contribution >= 0.6 is 0 Å². The molecule has 110 valence electrons. The highest BCUT2D eigenvalue weighted by atomic mass is 19.4. The predicted octanol–water partition coefficient (Wildman–Crippen LogP) is 3.88. The van der Waals surface area contributed by atoms with Crippen molar-refractivity contribution in [1.82, 2.24) is 4.90 Å². The molecule has 0 bridgehead atoms. The molecule has 0 saturated carbocycles. The molecular formula is C14H15F4NO. The van der Waals surface area contributed by atoms with Crippen molar-refractivity contribution in [3.63, 3.8) is 0 Å². The Labute approximate surface area is 114 Å². The Kier molecular flexibility index (Phi) is 4.92. The van der Waals surface area contributed by atoms with Gasteiger partial charge in [0, 0.05) is 18.2 Å². The summed E-state index contributed by atoms with van der Waals surface area (Å²) in [5.41, 5.74) is -1.64. The molecule has 0 atom stereocenters. The minimum absolute atomic E-state index is 0.200. The van der Waals surface area contributed by atoms with Gasteiger partial charge >= 0.3 is 6.18 Å². The zero-order valence-electron chi connectivity index (χ0n) is 11.2. The van der Waals surface area contributed by atoms with Crippen LogP contribution in [0.25, 0.3) is 0 Å². The van der Waals surface area contributed by atoms with Gasteiger partial charge in [-0.15, -0.1) is 6.58 Å². The largest absolute Gasteiger partial charge is 0.419 e. The van der Waals surface area contributed by atoms with E-state index >= 15 is 0 Å². The van der Waals surface area contributed by atoms with E-state index in [1.54, 1.807) is 13.8 Å². The van der Waals surface area contributed by atoms with E-state index in [1.165, 1.54) is 11.0 Å². The first-order valence-electron chi connectivity index (χ1n) is 5.97. The molecule has 0 aliphatic heterocycles. The maximum absolute atomic E-state index is 13.2. The molecule has 0 spiro atoms. The van der Waals surface area contributed by atoms with E-state index in [2.05, 4.69) is 6.58 Å². The van der Waals surface area contributed by atoms with Crippen LogP contribution in [0.1, 0.15) is 29.8 Å². The lowest BCUT2D eigenvalue weighted by atomic mass is 10.1. The standard InChI is InChI=1S/C14H15F4NO/c1-4-7-19(9(2)3)13(20)10-5-6-12(15)11(8-10)14(16,17)18/h4-6,8-9H,1,7H2,2-3H3. The number of amides is 1. The molecule has 0 radical (unpaired) electrons. The van der Waals surface area contributed by atoms with Gasteiger partial charge in [-0.25, -0.2) is 4.39 Å². The Balaban J connectivity index is 3.20. The van der Waals surface area contributed by atoms with Gasteiger partial charge in [-0.3, -0.25) is 4.79 Å². The average Bonchev–Trinajstić information content (AvgIpc) is 2.34. The van der Waals surface area contributed by atoms with E-state index in [-0.39, 0.29) is 18.2 Å². The zero-order valence-corrected chi connectivity index (χ0v) is 11.2. The highest BCUT2D eigenvalue weighted by molar-refractivity contribution is 5.94. The first kappa shape index (κ1) is 16.2. The van der Waals surface area contributed by atoms with Crippen LogP contribution in [0.4, 0.5) is 17.6 Å². The number of hydrogen-bond donors (Lipinski definition) is 0. The van der Waals surface area contributed by atoms with Crippen molar-refractivity contribution in [2.45, 2.75) is 26.1 Å². The summed E-state index contributed by atoms with van der Waals surface area (Å²) >= 11 is 0. The Hall–Kier alpha value is -1.85. The molecule has 1 amide bonds. The number of benzene rings is 1. The number of alkyl halides is 3. The third-order valence-electron chi connectivity index (χ3n) is 2.73. The smallest absolute Gasteiger partial charge is 0.333 e. The van der Waals surface area contributed by atoms with Crippen molar-refractivity contribution in [1.29, 1.82) is 0 Å². The fraction of sp³-hybridized carbons (Fsp3) is 0.357. The van der Waals surface area contributed by atoms with Crippen molar-refractivity contribution in [3.05, 3.63) is 47.8 Å². The van der Waals surface area contributed by atoms with Gasteiger partial charge in [0.05, 0.1) is 5.56 Å². The zero-order chi connectivity index (χ0) is 15.5. The Morgan fingerprint density at radius 1 is 1.40 bits per heavy atom. The van der Waals surface area contributed by atoms with E-state index in [9.17, 15) is 22.4 Å². The second-order valence-corrected chi connectivity index (χ2v) is 4.53. The number of nitrogens with zero attached hydrogens (tertiary/aromatic N) is 1. The normalized spacial score (nSPS) is 11.6. The molecule has 6 heteroatoms. The van der Waals surface area contributed by atoms with Gasteiger partial charge in [-0.2, -0.15) is 13.2 Å². The summed E-state index contributed by atoms with van der Waals surface area (Å²) in [5.74, 6) is -1.99. The van der Waals surface area contributed by atoms with E-state index in [0.717, 1.165) is 6.07 Å². The van der Waals surface area contributed by atoms with Crippen LogP contribution in [0.3, 0.4) is 0 Å². The molecule has 0 fully saturated rings. The molecule has 1 aromatic rings. The molecule has 0 saturated heterocycles. The lowest BCUT2D eigenvalue weighted by Gasteiger charge is -2.25. The van der Waals surface area contributed by atoms with E-state index in [1.807, 2.05) is 0 Å². The monoisotopic (exact) mass is 289 g/mol. The predicted molar refractivity (Wildman–Crippen MR) is 67.8 cm³/mol. The third kappa shape index (κ3) is 3.59. The van der Waals surface area contributed by atoms with Crippen molar-refractivity contribution in [3.8, 4) is 0 Å². The van der Waals surface area contributed by atoms with Crippen LogP contribution < -0.4 is 0 Å². The Morgan fingerprint density at radius 3 is 2.45 bits per heavy atom. The first-order chi connectivity index (χ1) is 9.18. The van der Waals surface area contributed by atoms with Gasteiger partial charge in [0.2, 0.25) is 0 Å². The summed E-state index contributed by atoms with van der Waals surface area (Å²) in [4.78, 5) is 13.5. The van der Waals surface area contributed by atoms with Gasteiger partial charge in [0.25, 0.3) is 5.91 Å². The molecule has 0 aliphatic carbocycles. The van der Waals surface area contributed by atoms with E-state index in [0.29, 0.717) is 12.1 Å². The van der Waals surface area contributed by atoms with Crippen LogP contribution in [-0.4, -0.2) is 23.4 Å². The first-order valence-corrected chi connectivity index (χ1v) is 5.97. The van der Waals surface area contributed by atoms with Crippen LogP contribution in [-0.2, 0) is 6.18 Å². The Bertz CT molecular complexity index is 508. The summed E-state index contributed by atoms with van der Waals surface area (Å²) in [6.45, 7) is 7.16. The third-order valence-corrected chi connectivity index (χ3v) is 2.73. The van der Waals surface area contributed by atoms with Crippen molar-refractivity contribution >= 4 is 5.91 Å². The van der Waals surface area contributed by atoms with Gasteiger partial charge in [0.1, 0.15) is 5.82 Å². The van der Waals surface area contributed by atoms with E-state index in [4.69, 9.17) is 0 Å². The van der Waals surface area contributed by atoms with Gasteiger partial charge < -0.3 is 4.90 Å². The van der Waals surface area contributed by atoms with Gasteiger partial charge in [-0.05, 0) is 32.0 Å². The molecule has 0 aromatic heterocycles. The van der Waals surface area contributed by atoms with Crippen LogP contribution in [0.15, 0.2) is 30.9 Å². The van der Waals surface area contributed by atoms with Crippen molar-refractivity contribution in [2.24, 2.45) is 0 Å². The molecule has 0 aliphatic rings. The molecule has 20 heavy (non-hydrogen) atoms. The highest BCUT2D eigenvalue weighted by Crippen LogP contribution is 2.32. The summed E-state index contributed by atoms with van der Waals surface area (Å²) < 4.78 is 51.0. The lowest BCUT2D eigenvalue weighted by molar-refractivity contribution is -0.140. The SMILES string of the molecule is C=CCN(C(=O)c1ccc(F)c(C(F)(F)F)c1)C(C)C. The number of halogens is 4.